The molecule has 0 aliphatic rings. The zero-order valence-electron chi connectivity index (χ0n) is 10.6. The second-order valence-corrected chi connectivity index (χ2v) is 5.85. The van der Waals surface area contributed by atoms with Gasteiger partial charge in [0.15, 0.2) is 0 Å². The van der Waals surface area contributed by atoms with Gasteiger partial charge in [-0.2, -0.15) is 5.26 Å². The van der Waals surface area contributed by atoms with Gasteiger partial charge in [0, 0.05) is 19.6 Å². The van der Waals surface area contributed by atoms with Crippen LogP contribution in [0.3, 0.4) is 0 Å². The highest BCUT2D eigenvalue weighted by Crippen LogP contribution is 2.09. The molecule has 1 aromatic carbocycles. The third kappa shape index (κ3) is 5.34. The molecule has 1 rings (SSSR count). The van der Waals surface area contributed by atoms with Crippen molar-refractivity contribution in [2.75, 3.05) is 18.8 Å². The van der Waals surface area contributed by atoms with E-state index in [4.69, 9.17) is 5.26 Å². The van der Waals surface area contributed by atoms with Crippen LogP contribution in [0, 0.1) is 17.1 Å². The molecule has 0 aliphatic carbocycles. The van der Waals surface area contributed by atoms with Gasteiger partial charge in [-0.05, 0) is 17.7 Å². The average molecular weight is 285 g/mol. The Morgan fingerprint density at radius 3 is 2.79 bits per heavy atom. The lowest BCUT2D eigenvalue weighted by molar-refractivity contribution is 0.578. The molecular formula is C12H16FN3O2S. The van der Waals surface area contributed by atoms with Crippen LogP contribution < -0.4 is 10.0 Å². The van der Waals surface area contributed by atoms with Crippen molar-refractivity contribution in [2.45, 2.75) is 13.5 Å². The van der Waals surface area contributed by atoms with Crippen molar-refractivity contribution in [3.8, 4) is 6.07 Å². The van der Waals surface area contributed by atoms with Gasteiger partial charge in [-0.3, -0.25) is 0 Å². The summed E-state index contributed by atoms with van der Waals surface area (Å²) in [5.74, 6) is -0.575. The summed E-state index contributed by atoms with van der Waals surface area (Å²) in [6.07, 6.45) is 0. The fraction of sp³-hybridized carbons (Fsp3) is 0.417. The van der Waals surface area contributed by atoms with Crippen molar-refractivity contribution in [3.05, 3.63) is 35.1 Å². The zero-order valence-corrected chi connectivity index (χ0v) is 11.4. The Kier molecular flexibility index (Phi) is 5.89. The molecule has 0 unspecified atom stereocenters. The second-order valence-electron chi connectivity index (χ2n) is 3.92. The lowest BCUT2D eigenvalue weighted by atomic mass is 10.1. The van der Waals surface area contributed by atoms with Gasteiger partial charge >= 0.3 is 0 Å². The standard InChI is InChI=1S/C12H16FN3O2S/c1-2-16-19(17,18)6-5-15-9-10-3-4-12(13)11(7-10)8-14/h3-4,7,15-16H,2,5-6,9H2,1H3. The van der Waals surface area contributed by atoms with Crippen molar-refractivity contribution in [1.82, 2.24) is 10.0 Å². The Morgan fingerprint density at radius 2 is 2.16 bits per heavy atom. The molecule has 0 fully saturated rings. The van der Waals surface area contributed by atoms with Gasteiger partial charge in [-0.1, -0.05) is 13.0 Å². The number of nitrogens with zero attached hydrogens (tertiary/aromatic N) is 1. The molecule has 19 heavy (non-hydrogen) atoms. The predicted molar refractivity (Wildman–Crippen MR) is 70.3 cm³/mol. The van der Waals surface area contributed by atoms with Gasteiger partial charge in [0.1, 0.15) is 11.9 Å². The molecule has 0 bridgehead atoms. The number of sulfonamides is 1. The van der Waals surface area contributed by atoms with Crippen LogP contribution in [0.25, 0.3) is 0 Å². The lowest BCUT2D eigenvalue weighted by Crippen LogP contribution is -2.31. The van der Waals surface area contributed by atoms with Crippen LogP contribution in [0.5, 0.6) is 0 Å². The number of halogens is 1. The van der Waals surface area contributed by atoms with E-state index in [0.717, 1.165) is 5.56 Å². The maximum Gasteiger partial charge on any atom is 0.212 e. The highest BCUT2D eigenvalue weighted by atomic mass is 32.2. The minimum absolute atomic E-state index is 0.0143. The van der Waals surface area contributed by atoms with Gasteiger partial charge in [-0.25, -0.2) is 17.5 Å². The molecule has 0 heterocycles. The first-order chi connectivity index (χ1) is 8.98. The van der Waals surface area contributed by atoms with Crippen molar-refractivity contribution >= 4 is 10.0 Å². The molecular weight excluding hydrogens is 269 g/mol. The maximum atomic E-state index is 13.1. The molecule has 2 N–H and O–H groups in total. The molecule has 1 aromatic rings. The minimum Gasteiger partial charge on any atom is -0.312 e. The molecule has 0 saturated heterocycles. The number of nitrogens with one attached hydrogen (secondary N) is 2. The summed E-state index contributed by atoms with van der Waals surface area (Å²) in [6.45, 7) is 2.75. The smallest absolute Gasteiger partial charge is 0.212 e. The highest BCUT2D eigenvalue weighted by molar-refractivity contribution is 7.89. The van der Waals surface area contributed by atoms with Gasteiger partial charge in [0.25, 0.3) is 0 Å². The summed E-state index contributed by atoms with van der Waals surface area (Å²) in [4.78, 5) is 0. The molecule has 7 heteroatoms. The molecule has 0 amide bonds. The molecule has 0 spiro atoms. The number of nitriles is 1. The first-order valence-electron chi connectivity index (χ1n) is 5.85. The molecule has 0 aromatic heterocycles. The molecule has 0 saturated carbocycles. The number of benzene rings is 1. The van der Waals surface area contributed by atoms with Crippen molar-refractivity contribution < 1.29 is 12.8 Å². The summed E-state index contributed by atoms with van der Waals surface area (Å²) in [5, 5.41) is 11.6. The Hall–Kier alpha value is -1.49. The quantitative estimate of drug-likeness (QED) is 0.723. The molecule has 0 radical (unpaired) electrons. The number of hydrogen-bond acceptors (Lipinski definition) is 4. The van der Waals surface area contributed by atoms with Crippen LogP contribution in [0.1, 0.15) is 18.1 Å². The van der Waals surface area contributed by atoms with Crippen LogP contribution in [0.15, 0.2) is 18.2 Å². The monoisotopic (exact) mass is 285 g/mol. The van der Waals surface area contributed by atoms with Crippen molar-refractivity contribution in [2.24, 2.45) is 0 Å². The molecule has 104 valence electrons. The van der Waals surface area contributed by atoms with E-state index < -0.39 is 15.8 Å². The van der Waals surface area contributed by atoms with E-state index in [-0.39, 0.29) is 17.9 Å². The predicted octanol–water partition coefficient (Wildman–Crippen LogP) is 0.726. The van der Waals surface area contributed by atoms with E-state index in [1.54, 1.807) is 19.1 Å². The third-order valence-corrected chi connectivity index (χ3v) is 3.86. The van der Waals surface area contributed by atoms with Crippen LogP contribution in [-0.2, 0) is 16.6 Å². The van der Waals surface area contributed by atoms with E-state index >= 15 is 0 Å². The fourth-order valence-electron chi connectivity index (χ4n) is 1.50. The van der Waals surface area contributed by atoms with Crippen molar-refractivity contribution in [1.29, 1.82) is 5.26 Å². The second kappa shape index (κ2) is 7.19. The van der Waals surface area contributed by atoms with E-state index in [1.165, 1.54) is 12.1 Å². The van der Waals surface area contributed by atoms with Gasteiger partial charge in [-0.15, -0.1) is 0 Å². The van der Waals surface area contributed by atoms with Gasteiger partial charge in [0.2, 0.25) is 10.0 Å². The summed E-state index contributed by atoms with van der Waals surface area (Å²) in [6, 6.07) is 5.99. The molecule has 5 nitrogen and oxygen atoms in total. The summed E-state index contributed by atoms with van der Waals surface area (Å²) in [5.41, 5.74) is 0.721. The molecule has 0 atom stereocenters. The van der Waals surface area contributed by atoms with Crippen molar-refractivity contribution in [3.63, 3.8) is 0 Å². The topological polar surface area (TPSA) is 82.0 Å². The van der Waals surface area contributed by atoms with Crippen LogP contribution >= 0.6 is 0 Å². The van der Waals surface area contributed by atoms with Crippen LogP contribution in [0.2, 0.25) is 0 Å². The van der Waals surface area contributed by atoms with E-state index in [0.29, 0.717) is 13.1 Å². The normalized spacial score (nSPS) is 11.2. The lowest BCUT2D eigenvalue weighted by Gasteiger charge is -2.07. The summed E-state index contributed by atoms with van der Waals surface area (Å²) >= 11 is 0. The van der Waals surface area contributed by atoms with Gasteiger partial charge < -0.3 is 5.32 Å². The fourth-order valence-corrected chi connectivity index (χ4v) is 2.50. The summed E-state index contributed by atoms with van der Waals surface area (Å²) in [7, 11) is -3.23. The highest BCUT2D eigenvalue weighted by Gasteiger charge is 2.07. The third-order valence-electron chi connectivity index (χ3n) is 2.39. The first-order valence-corrected chi connectivity index (χ1v) is 7.50. The largest absolute Gasteiger partial charge is 0.312 e. The van der Waals surface area contributed by atoms with Crippen LogP contribution in [-0.4, -0.2) is 27.3 Å². The minimum atomic E-state index is -3.23. The summed E-state index contributed by atoms with van der Waals surface area (Å²) < 4.78 is 38.1. The zero-order chi connectivity index (χ0) is 14.3. The van der Waals surface area contributed by atoms with Crippen LogP contribution in [0.4, 0.5) is 4.39 Å². The SMILES string of the molecule is CCNS(=O)(=O)CCNCc1ccc(F)c(C#N)c1. The van der Waals surface area contributed by atoms with E-state index in [1.807, 2.05) is 0 Å². The number of hydrogen-bond donors (Lipinski definition) is 2. The Morgan fingerprint density at radius 1 is 1.42 bits per heavy atom. The maximum absolute atomic E-state index is 13.1. The Balaban J connectivity index is 2.44. The number of rotatable bonds is 7. The van der Waals surface area contributed by atoms with Gasteiger partial charge in [0.05, 0.1) is 11.3 Å². The average Bonchev–Trinajstić information content (AvgIpc) is 2.36. The van der Waals surface area contributed by atoms with E-state index in [2.05, 4.69) is 10.0 Å². The Labute approximate surface area is 112 Å². The van der Waals surface area contributed by atoms with E-state index in [9.17, 15) is 12.8 Å². The molecule has 0 aliphatic heterocycles. The first kappa shape index (κ1) is 15.6. The Bertz CT molecular complexity index is 567.